The van der Waals surface area contributed by atoms with Crippen molar-refractivity contribution in [3.05, 3.63) is 64.0 Å². The Hall–Kier alpha value is -2.96. The molecule has 3 aromatic rings. The van der Waals surface area contributed by atoms with Gasteiger partial charge in [0.05, 0.1) is 6.20 Å². The van der Waals surface area contributed by atoms with E-state index in [1.165, 1.54) is 24.3 Å². The quantitative estimate of drug-likeness (QED) is 0.546. The standard InChI is InChI=1S/C15H11FN2O4/c1-18-7-9(6-17-18)8-21-14(19)12-5-10-4-11(16)2-3-13(10)22-15(12)20/h2-7H,8H2,1H3. The number of aryl methyl sites for hydroxylation is 1. The van der Waals surface area contributed by atoms with Crippen LogP contribution in [0.1, 0.15) is 15.9 Å². The lowest BCUT2D eigenvalue weighted by molar-refractivity contribution is 0.0468. The maximum atomic E-state index is 13.2. The number of halogens is 1. The molecule has 0 radical (unpaired) electrons. The van der Waals surface area contributed by atoms with E-state index >= 15 is 0 Å². The molecule has 0 N–H and O–H groups in total. The van der Waals surface area contributed by atoms with Gasteiger partial charge in [0.15, 0.2) is 0 Å². The molecule has 0 aliphatic carbocycles. The Labute approximate surface area is 123 Å². The molecule has 7 heteroatoms. The molecule has 0 bridgehead atoms. The van der Waals surface area contributed by atoms with Crippen molar-refractivity contribution in [3.8, 4) is 0 Å². The number of aromatic nitrogens is 2. The summed E-state index contributed by atoms with van der Waals surface area (Å²) in [6.07, 6.45) is 3.23. The van der Waals surface area contributed by atoms with Crippen LogP contribution in [0.15, 0.2) is 45.9 Å². The second kappa shape index (κ2) is 5.44. The Morgan fingerprint density at radius 3 is 2.95 bits per heavy atom. The van der Waals surface area contributed by atoms with E-state index in [1.54, 1.807) is 24.1 Å². The minimum Gasteiger partial charge on any atom is -0.457 e. The first-order chi connectivity index (χ1) is 10.5. The van der Waals surface area contributed by atoms with E-state index in [9.17, 15) is 14.0 Å². The molecule has 22 heavy (non-hydrogen) atoms. The Morgan fingerprint density at radius 1 is 1.41 bits per heavy atom. The van der Waals surface area contributed by atoms with Crippen molar-refractivity contribution in [1.29, 1.82) is 0 Å². The fraction of sp³-hybridized carbons (Fsp3) is 0.133. The van der Waals surface area contributed by atoms with Crippen molar-refractivity contribution >= 4 is 16.9 Å². The average molecular weight is 302 g/mol. The van der Waals surface area contributed by atoms with Gasteiger partial charge < -0.3 is 9.15 Å². The third kappa shape index (κ3) is 2.73. The fourth-order valence-electron chi connectivity index (χ4n) is 2.01. The number of hydrogen-bond donors (Lipinski definition) is 0. The van der Waals surface area contributed by atoms with Gasteiger partial charge >= 0.3 is 11.6 Å². The third-order valence-corrected chi connectivity index (χ3v) is 3.04. The average Bonchev–Trinajstić information content (AvgIpc) is 2.90. The summed E-state index contributed by atoms with van der Waals surface area (Å²) in [5.41, 5.74) is -0.209. The minimum atomic E-state index is -0.830. The first-order valence-electron chi connectivity index (χ1n) is 6.41. The lowest BCUT2D eigenvalue weighted by atomic mass is 10.2. The van der Waals surface area contributed by atoms with E-state index in [2.05, 4.69) is 5.10 Å². The smallest absolute Gasteiger partial charge is 0.351 e. The fourth-order valence-corrected chi connectivity index (χ4v) is 2.01. The van der Waals surface area contributed by atoms with Crippen LogP contribution in [0.2, 0.25) is 0 Å². The normalized spacial score (nSPS) is 10.8. The first-order valence-corrected chi connectivity index (χ1v) is 6.41. The Morgan fingerprint density at radius 2 is 2.23 bits per heavy atom. The molecule has 0 amide bonds. The van der Waals surface area contributed by atoms with Crippen molar-refractivity contribution in [1.82, 2.24) is 9.78 Å². The van der Waals surface area contributed by atoms with Crippen LogP contribution in [-0.2, 0) is 18.4 Å². The van der Waals surface area contributed by atoms with Crippen molar-refractivity contribution in [2.45, 2.75) is 6.61 Å². The maximum absolute atomic E-state index is 13.2. The summed E-state index contributed by atoms with van der Waals surface area (Å²) in [5.74, 6) is -1.32. The predicted octanol–water partition coefficient (Wildman–Crippen LogP) is 2.02. The van der Waals surface area contributed by atoms with Crippen LogP contribution in [0, 0.1) is 5.82 Å². The van der Waals surface area contributed by atoms with Gasteiger partial charge in [0, 0.05) is 24.2 Å². The SMILES string of the molecule is Cn1cc(COC(=O)c2cc3cc(F)ccc3oc2=O)cn1. The topological polar surface area (TPSA) is 74.3 Å². The monoisotopic (exact) mass is 302 g/mol. The Bertz CT molecular complexity index is 913. The molecule has 0 saturated heterocycles. The number of nitrogens with zero attached hydrogens (tertiary/aromatic N) is 2. The van der Waals surface area contributed by atoms with Gasteiger partial charge in [-0.15, -0.1) is 0 Å². The van der Waals surface area contributed by atoms with Gasteiger partial charge in [-0.1, -0.05) is 0 Å². The van der Waals surface area contributed by atoms with Crippen LogP contribution >= 0.6 is 0 Å². The van der Waals surface area contributed by atoms with E-state index in [1.807, 2.05) is 0 Å². The molecule has 0 fully saturated rings. The van der Waals surface area contributed by atoms with E-state index < -0.39 is 17.4 Å². The van der Waals surface area contributed by atoms with E-state index in [0.717, 1.165) is 0 Å². The summed E-state index contributed by atoms with van der Waals surface area (Å²) in [4.78, 5) is 23.8. The molecule has 3 rings (SSSR count). The van der Waals surface area contributed by atoms with Crippen LogP contribution in [0.4, 0.5) is 4.39 Å². The third-order valence-electron chi connectivity index (χ3n) is 3.04. The molecule has 2 aromatic heterocycles. The lowest BCUT2D eigenvalue weighted by Gasteiger charge is -2.03. The lowest BCUT2D eigenvalue weighted by Crippen LogP contribution is -2.16. The van der Waals surface area contributed by atoms with Crippen molar-refractivity contribution in [2.24, 2.45) is 7.05 Å². The molecule has 6 nitrogen and oxygen atoms in total. The highest BCUT2D eigenvalue weighted by Gasteiger charge is 2.16. The number of carbonyl (C=O) groups excluding carboxylic acids is 1. The second-order valence-electron chi connectivity index (χ2n) is 4.73. The zero-order chi connectivity index (χ0) is 15.7. The first kappa shape index (κ1) is 14.0. The van der Waals surface area contributed by atoms with E-state index in [0.29, 0.717) is 10.9 Å². The van der Waals surface area contributed by atoms with Crippen molar-refractivity contribution < 1.29 is 18.3 Å². The maximum Gasteiger partial charge on any atom is 0.351 e. The highest BCUT2D eigenvalue weighted by atomic mass is 19.1. The van der Waals surface area contributed by atoms with Crippen molar-refractivity contribution in [2.75, 3.05) is 0 Å². The molecule has 0 unspecified atom stereocenters. The number of rotatable bonds is 3. The molecule has 112 valence electrons. The summed E-state index contributed by atoms with van der Waals surface area (Å²) >= 11 is 0. The number of benzene rings is 1. The van der Waals surface area contributed by atoms with Gasteiger partial charge in [-0.2, -0.15) is 5.10 Å². The highest BCUT2D eigenvalue weighted by Crippen LogP contribution is 2.15. The number of carbonyl (C=O) groups is 1. The summed E-state index contributed by atoms with van der Waals surface area (Å²) in [6.45, 7) is -0.0205. The van der Waals surface area contributed by atoms with Crippen LogP contribution in [0.3, 0.4) is 0 Å². The van der Waals surface area contributed by atoms with Crippen LogP contribution < -0.4 is 5.63 Å². The zero-order valence-corrected chi connectivity index (χ0v) is 11.6. The molecular weight excluding hydrogens is 291 g/mol. The number of ether oxygens (including phenoxy) is 1. The van der Waals surface area contributed by atoms with Crippen LogP contribution in [0.25, 0.3) is 11.0 Å². The molecule has 0 aliphatic rings. The molecule has 0 saturated carbocycles. The van der Waals surface area contributed by atoms with Gasteiger partial charge in [-0.25, -0.2) is 14.0 Å². The summed E-state index contributed by atoms with van der Waals surface area (Å²) in [5, 5.41) is 4.25. The van der Waals surface area contributed by atoms with Gasteiger partial charge in [-0.05, 0) is 24.3 Å². The van der Waals surface area contributed by atoms with E-state index in [-0.39, 0.29) is 17.8 Å². The van der Waals surface area contributed by atoms with Gasteiger partial charge in [0.25, 0.3) is 0 Å². The molecule has 0 spiro atoms. The molecule has 0 atom stereocenters. The van der Waals surface area contributed by atoms with Crippen molar-refractivity contribution in [3.63, 3.8) is 0 Å². The number of esters is 1. The number of fused-ring (bicyclic) bond motifs is 1. The zero-order valence-electron chi connectivity index (χ0n) is 11.6. The van der Waals surface area contributed by atoms with Gasteiger partial charge in [-0.3, -0.25) is 4.68 Å². The highest BCUT2D eigenvalue weighted by molar-refractivity contribution is 5.92. The molecular formula is C15H11FN2O4. The summed E-state index contributed by atoms with van der Waals surface area (Å²) < 4.78 is 24.8. The summed E-state index contributed by atoms with van der Waals surface area (Å²) in [6, 6.07) is 4.94. The van der Waals surface area contributed by atoms with Gasteiger partial charge in [0.2, 0.25) is 0 Å². The predicted molar refractivity (Wildman–Crippen MR) is 74.8 cm³/mol. The van der Waals surface area contributed by atoms with E-state index in [4.69, 9.17) is 9.15 Å². The van der Waals surface area contributed by atoms with Crippen LogP contribution in [-0.4, -0.2) is 15.7 Å². The minimum absolute atomic E-state index is 0.0205. The molecule has 2 heterocycles. The Kier molecular flexibility index (Phi) is 3.46. The molecule has 1 aromatic carbocycles. The van der Waals surface area contributed by atoms with Gasteiger partial charge in [0.1, 0.15) is 23.6 Å². The summed E-state index contributed by atoms with van der Waals surface area (Å²) in [7, 11) is 1.73. The van der Waals surface area contributed by atoms with Crippen LogP contribution in [0.5, 0.6) is 0 Å². The Balaban J connectivity index is 1.86. The number of hydrogen-bond acceptors (Lipinski definition) is 5. The second-order valence-corrected chi connectivity index (χ2v) is 4.73. The largest absolute Gasteiger partial charge is 0.457 e. The molecule has 0 aliphatic heterocycles.